The van der Waals surface area contributed by atoms with Crippen LogP contribution in [0.25, 0.3) is 0 Å². The van der Waals surface area contributed by atoms with Gasteiger partial charge in [-0.05, 0) is 5.56 Å². The average Bonchev–Trinajstić information content (AvgIpc) is 2.49. The summed E-state index contributed by atoms with van der Waals surface area (Å²) in [6.07, 6.45) is -0.0751. The maximum absolute atomic E-state index is 10.9. The fourth-order valence-corrected chi connectivity index (χ4v) is 2.40. The molecule has 0 saturated carbocycles. The van der Waals surface area contributed by atoms with Crippen LogP contribution in [-0.4, -0.2) is 35.0 Å². The first-order chi connectivity index (χ1) is 11.3. The van der Waals surface area contributed by atoms with Crippen molar-refractivity contribution in [1.29, 1.82) is 0 Å². The minimum absolute atomic E-state index is 0.00372. The third-order valence-corrected chi connectivity index (χ3v) is 3.55. The monoisotopic (exact) mass is 349 g/mol. The summed E-state index contributed by atoms with van der Waals surface area (Å²) in [5.41, 5.74) is 1.05. The lowest BCUT2D eigenvalue weighted by atomic mass is 10.1. The van der Waals surface area contributed by atoms with Gasteiger partial charge in [-0.1, -0.05) is 23.7 Å². The number of anilines is 1. The normalized spacial score (nSPS) is 10.5. The topological polar surface area (TPSA) is 112 Å². The van der Waals surface area contributed by atoms with Crippen LogP contribution in [-0.2, 0) is 17.6 Å². The van der Waals surface area contributed by atoms with Crippen LogP contribution in [0.1, 0.15) is 17.0 Å². The van der Waals surface area contributed by atoms with Crippen LogP contribution in [0.3, 0.4) is 0 Å². The van der Waals surface area contributed by atoms with E-state index in [1.54, 1.807) is 31.1 Å². The van der Waals surface area contributed by atoms with Crippen molar-refractivity contribution in [2.75, 3.05) is 19.0 Å². The van der Waals surface area contributed by atoms with Gasteiger partial charge < -0.3 is 14.8 Å². The summed E-state index contributed by atoms with van der Waals surface area (Å²) in [4.78, 5) is 31.2. The van der Waals surface area contributed by atoms with Gasteiger partial charge in [0.15, 0.2) is 0 Å². The van der Waals surface area contributed by atoms with Gasteiger partial charge in [-0.3, -0.25) is 10.1 Å². The van der Waals surface area contributed by atoms with Gasteiger partial charge >= 0.3 is 0 Å². The highest BCUT2D eigenvalue weighted by Gasteiger charge is 2.15. The van der Waals surface area contributed by atoms with Gasteiger partial charge in [0, 0.05) is 50.6 Å². The van der Waals surface area contributed by atoms with Crippen LogP contribution in [0.5, 0.6) is 0 Å². The van der Waals surface area contributed by atoms with Crippen LogP contribution < -0.4 is 10.0 Å². The Kier molecular flexibility index (Phi) is 5.30. The number of nitro benzene ring substituents is 1. The van der Waals surface area contributed by atoms with Crippen molar-refractivity contribution in [3.8, 4) is 0 Å². The number of nitrogens with zero attached hydrogens (tertiary/aromatic N) is 4. The Labute approximate surface area is 142 Å². The largest absolute Gasteiger partial charge is 0.550 e. The molecule has 2 aromatic rings. The molecule has 0 radical (unpaired) electrons. The highest BCUT2D eigenvalue weighted by molar-refractivity contribution is 6.30. The van der Waals surface area contributed by atoms with Gasteiger partial charge in [0.25, 0.3) is 5.69 Å². The Morgan fingerprint density at radius 1 is 1.25 bits per heavy atom. The van der Waals surface area contributed by atoms with Crippen molar-refractivity contribution < 1.29 is 14.8 Å². The number of carbonyl (C=O) groups is 1. The number of aliphatic carboxylic acids is 1. The lowest BCUT2D eigenvalue weighted by molar-refractivity contribution is -0.384. The molecule has 1 heterocycles. The first-order valence-electron chi connectivity index (χ1n) is 6.93. The second-order valence-corrected chi connectivity index (χ2v) is 5.63. The lowest BCUT2D eigenvalue weighted by Gasteiger charge is -2.18. The molecule has 0 N–H and O–H groups in total. The maximum Gasteiger partial charge on any atom is 0.269 e. The third-order valence-electron chi connectivity index (χ3n) is 3.24. The Morgan fingerprint density at radius 2 is 1.88 bits per heavy atom. The molecule has 0 aliphatic rings. The number of nitro groups is 1. The molecule has 0 aliphatic heterocycles. The second kappa shape index (κ2) is 7.22. The number of carboxylic acid groups (broad SMARTS) is 1. The second-order valence-electron chi connectivity index (χ2n) is 5.28. The summed E-state index contributed by atoms with van der Waals surface area (Å²) >= 11 is 6.10. The van der Waals surface area contributed by atoms with Crippen LogP contribution in [0.15, 0.2) is 24.3 Å². The van der Waals surface area contributed by atoms with E-state index in [1.165, 1.54) is 12.1 Å². The Balaban J connectivity index is 2.33. The van der Waals surface area contributed by atoms with E-state index >= 15 is 0 Å². The van der Waals surface area contributed by atoms with E-state index in [2.05, 4.69) is 9.97 Å². The van der Waals surface area contributed by atoms with E-state index < -0.39 is 10.9 Å². The first kappa shape index (κ1) is 17.6. The smallest absolute Gasteiger partial charge is 0.269 e. The van der Waals surface area contributed by atoms with Crippen molar-refractivity contribution in [1.82, 2.24) is 9.97 Å². The number of carbonyl (C=O) groups excluding carboxylic acids is 1. The molecule has 0 saturated heterocycles. The van der Waals surface area contributed by atoms with Crippen LogP contribution in [0, 0.1) is 10.1 Å². The number of carboxylic acids is 1. The van der Waals surface area contributed by atoms with Gasteiger partial charge in [-0.15, -0.1) is 0 Å². The summed E-state index contributed by atoms with van der Waals surface area (Å²) in [7, 11) is 3.43. The molecule has 24 heavy (non-hydrogen) atoms. The molecule has 9 heteroatoms. The fraction of sp³-hybridized carbons (Fsp3) is 0.267. The summed E-state index contributed by atoms with van der Waals surface area (Å²) in [5, 5.41) is 21.6. The molecule has 0 aliphatic carbocycles. The maximum atomic E-state index is 10.9. The number of aromatic nitrogens is 2. The van der Waals surface area contributed by atoms with Crippen LogP contribution >= 0.6 is 11.6 Å². The molecule has 8 nitrogen and oxygen atoms in total. The molecule has 0 spiro atoms. The quantitative estimate of drug-likeness (QED) is 0.434. The summed E-state index contributed by atoms with van der Waals surface area (Å²) < 4.78 is 0. The minimum atomic E-state index is -1.27. The number of hydrogen-bond acceptors (Lipinski definition) is 7. The molecule has 1 aromatic carbocycles. The van der Waals surface area contributed by atoms with E-state index in [1.807, 2.05) is 0 Å². The van der Waals surface area contributed by atoms with Gasteiger partial charge in [0.2, 0.25) is 0 Å². The zero-order chi connectivity index (χ0) is 17.9. The highest BCUT2D eigenvalue weighted by Crippen LogP contribution is 2.25. The molecule has 0 fully saturated rings. The zero-order valence-electron chi connectivity index (χ0n) is 13.0. The van der Waals surface area contributed by atoms with Crippen molar-refractivity contribution in [2.45, 2.75) is 12.8 Å². The lowest BCUT2D eigenvalue weighted by Crippen LogP contribution is -2.26. The van der Waals surface area contributed by atoms with Crippen molar-refractivity contribution in [3.05, 3.63) is 56.5 Å². The standard InChI is InChI=1S/C15H15ClN4O4/c1-19(2)15-11(8-13(21)22)14(16)17-12(18-15)7-9-3-5-10(6-4-9)20(23)24/h3-6H,7-8H2,1-2H3,(H,21,22)/p-1. The average molecular weight is 350 g/mol. The van der Waals surface area contributed by atoms with E-state index in [0.29, 0.717) is 18.1 Å². The van der Waals surface area contributed by atoms with Crippen LogP contribution in [0.4, 0.5) is 11.5 Å². The SMILES string of the molecule is CN(C)c1nc(Cc2ccc([N+](=O)[O-])cc2)nc(Cl)c1CC(=O)[O-]. The Morgan fingerprint density at radius 3 is 2.38 bits per heavy atom. The van der Waals surface area contributed by atoms with E-state index in [4.69, 9.17) is 11.6 Å². The van der Waals surface area contributed by atoms with E-state index in [0.717, 1.165) is 5.56 Å². The summed E-state index contributed by atoms with van der Waals surface area (Å²) in [6, 6.07) is 6.02. The van der Waals surface area contributed by atoms with Crippen molar-refractivity contribution in [3.63, 3.8) is 0 Å². The minimum Gasteiger partial charge on any atom is -0.550 e. The van der Waals surface area contributed by atoms with Crippen molar-refractivity contribution >= 4 is 29.1 Å². The molecular formula is C15H14ClN4O4-. The number of halogens is 1. The summed E-state index contributed by atoms with van der Waals surface area (Å²) in [5.74, 6) is -0.484. The van der Waals surface area contributed by atoms with E-state index in [-0.39, 0.29) is 22.8 Å². The third kappa shape index (κ3) is 4.17. The molecule has 2 rings (SSSR count). The highest BCUT2D eigenvalue weighted by atomic mass is 35.5. The zero-order valence-corrected chi connectivity index (χ0v) is 13.8. The van der Waals surface area contributed by atoms with Gasteiger partial charge in [0.1, 0.15) is 16.8 Å². The van der Waals surface area contributed by atoms with Gasteiger partial charge in [0.05, 0.1) is 4.92 Å². The molecule has 0 amide bonds. The molecule has 0 bridgehead atoms. The predicted octanol–water partition coefficient (Wildman–Crippen LogP) is 0.987. The Hall–Kier alpha value is -2.74. The van der Waals surface area contributed by atoms with Crippen LogP contribution in [0.2, 0.25) is 5.15 Å². The number of rotatable bonds is 6. The van der Waals surface area contributed by atoms with Gasteiger partial charge in [-0.2, -0.15) is 0 Å². The Bertz CT molecular complexity index is 778. The molecular weight excluding hydrogens is 336 g/mol. The fourth-order valence-electron chi connectivity index (χ4n) is 2.15. The molecule has 0 unspecified atom stereocenters. The number of hydrogen-bond donors (Lipinski definition) is 0. The van der Waals surface area contributed by atoms with E-state index in [9.17, 15) is 20.0 Å². The number of benzene rings is 1. The first-order valence-corrected chi connectivity index (χ1v) is 7.31. The number of non-ortho nitro benzene ring substituents is 1. The van der Waals surface area contributed by atoms with Gasteiger partial charge in [-0.25, -0.2) is 9.97 Å². The summed E-state index contributed by atoms with van der Waals surface area (Å²) in [6.45, 7) is 0. The predicted molar refractivity (Wildman–Crippen MR) is 86.0 cm³/mol. The molecule has 0 atom stereocenters. The van der Waals surface area contributed by atoms with Crippen molar-refractivity contribution in [2.24, 2.45) is 0 Å². The molecule has 126 valence electrons. The molecule has 1 aromatic heterocycles.